The Hall–Kier alpha value is -0.720. The second-order valence-electron chi connectivity index (χ2n) is 3.64. The van der Waals surface area contributed by atoms with Gasteiger partial charge in [-0.25, -0.2) is 0 Å². The number of rotatable bonds is 0. The predicted molar refractivity (Wildman–Crippen MR) is 49.2 cm³/mol. The third-order valence-corrected chi connectivity index (χ3v) is 2.69. The van der Waals surface area contributed by atoms with Crippen molar-refractivity contribution in [2.24, 2.45) is 0 Å². The van der Waals surface area contributed by atoms with Crippen LogP contribution < -0.4 is 0 Å². The summed E-state index contributed by atoms with van der Waals surface area (Å²) in [6.45, 7) is 0. The molecule has 0 atom stereocenters. The van der Waals surface area contributed by atoms with Gasteiger partial charge in [-0.05, 0) is 30.9 Å². The smallest absolute Gasteiger partial charge is 0.106 e. The summed E-state index contributed by atoms with van der Waals surface area (Å²) in [5, 5.41) is 0. The second-order valence-corrected chi connectivity index (χ2v) is 3.64. The average Bonchev–Trinajstić information content (AvgIpc) is 2.50. The maximum absolute atomic E-state index is 5.45. The molecule has 12 heavy (non-hydrogen) atoms. The Morgan fingerprint density at radius 3 is 2.58 bits per heavy atom. The fourth-order valence-electron chi connectivity index (χ4n) is 1.94. The van der Waals surface area contributed by atoms with Gasteiger partial charge in [0.25, 0.3) is 0 Å². The van der Waals surface area contributed by atoms with Gasteiger partial charge in [-0.1, -0.05) is 19.3 Å². The largest absolute Gasteiger partial charge is 0.469 e. The van der Waals surface area contributed by atoms with E-state index < -0.39 is 0 Å². The van der Waals surface area contributed by atoms with Crippen LogP contribution in [0.2, 0.25) is 0 Å². The van der Waals surface area contributed by atoms with Gasteiger partial charge in [-0.2, -0.15) is 0 Å². The van der Waals surface area contributed by atoms with Gasteiger partial charge < -0.3 is 4.42 Å². The maximum atomic E-state index is 5.45. The molecule has 0 N–H and O–H groups in total. The maximum Gasteiger partial charge on any atom is 0.106 e. The van der Waals surface area contributed by atoms with Crippen molar-refractivity contribution < 1.29 is 4.42 Å². The molecule has 0 bridgehead atoms. The Morgan fingerprint density at radius 2 is 1.67 bits per heavy atom. The van der Waals surface area contributed by atoms with Crippen molar-refractivity contribution >= 4 is 0 Å². The molecule has 0 saturated heterocycles. The minimum Gasteiger partial charge on any atom is -0.469 e. The Morgan fingerprint density at radius 1 is 0.917 bits per heavy atom. The number of hydrogen-bond acceptors (Lipinski definition) is 1. The van der Waals surface area contributed by atoms with Crippen LogP contribution in [0.4, 0.5) is 0 Å². The normalized spacial score (nSPS) is 19.0. The lowest BCUT2D eigenvalue weighted by molar-refractivity contribution is 0.494. The zero-order valence-electron chi connectivity index (χ0n) is 7.51. The quantitative estimate of drug-likeness (QED) is 0.573. The highest BCUT2D eigenvalue weighted by Gasteiger charge is 2.07. The van der Waals surface area contributed by atoms with Crippen molar-refractivity contribution in [1.29, 1.82) is 0 Å². The topological polar surface area (TPSA) is 13.1 Å². The van der Waals surface area contributed by atoms with E-state index in [1.807, 2.05) is 6.26 Å². The molecule has 1 aromatic rings. The fraction of sp³-hybridized carbons (Fsp3) is 0.636. The molecule has 1 heterocycles. The van der Waals surface area contributed by atoms with Crippen LogP contribution in [0.5, 0.6) is 0 Å². The van der Waals surface area contributed by atoms with Gasteiger partial charge in [0.15, 0.2) is 0 Å². The van der Waals surface area contributed by atoms with Crippen LogP contribution in [-0.4, -0.2) is 0 Å². The SMILES string of the molecule is c1cc2c(o1)CCCCCCC2. The van der Waals surface area contributed by atoms with E-state index in [1.165, 1.54) is 49.8 Å². The molecule has 0 fully saturated rings. The molecule has 2 rings (SSSR count). The number of furan rings is 1. The van der Waals surface area contributed by atoms with Gasteiger partial charge in [-0.3, -0.25) is 0 Å². The van der Waals surface area contributed by atoms with E-state index in [-0.39, 0.29) is 0 Å². The molecule has 0 saturated carbocycles. The highest BCUT2D eigenvalue weighted by atomic mass is 16.3. The lowest BCUT2D eigenvalue weighted by Gasteiger charge is -1.97. The Bertz CT molecular complexity index is 214. The number of hydrogen-bond donors (Lipinski definition) is 0. The van der Waals surface area contributed by atoms with E-state index in [1.54, 1.807) is 0 Å². The summed E-state index contributed by atoms with van der Waals surface area (Å²) in [5.74, 6) is 1.25. The van der Waals surface area contributed by atoms with Crippen molar-refractivity contribution in [2.75, 3.05) is 0 Å². The molecule has 0 aromatic carbocycles. The molecule has 0 amide bonds. The van der Waals surface area contributed by atoms with Crippen LogP contribution in [0.15, 0.2) is 16.7 Å². The minimum absolute atomic E-state index is 1.16. The molecule has 0 unspecified atom stereocenters. The third kappa shape index (κ3) is 1.71. The van der Waals surface area contributed by atoms with Crippen LogP contribution in [0.25, 0.3) is 0 Å². The first-order valence-corrected chi connectivity index (χ1v) is 5.02. The molecule has 1 heteroatoms. The van der Waals surface area contributed by atoms with E-state index in [0.717, 1.165) is 6.42 Å². The number of fused-ring (bicyclic) bond motifs is 1. The van der Waals surface area contributed by atoms with Crippen LogP contribution >= 0.6 is 0 Å². The lowest BCUT2D eigenvalue weighted by atomic mass is 10.1. The first kappa shape index (κ1) is 7.90. The number of aryl methyl sites for hydroxylation is 2. The van der Waals surface area contributed by atoms with Gasteiger partial charge in [0, 0.05) is 6.42 Å². The van der Waals surface area contributed by atoms with E-state index in [0.29, 0.717) is 0 Å². The Balaban J connectivity index is 2.10. The zero-order chi connectivity index (χ0) is 8.23. The van der Waals surface area contributed by atoms with Gasteiger partial charge >= 0.3 is 0 Å². The fourth-order valence-corrected chi connectivity index (χ4v) is 1.94. The summed E-state index contributed by atoms with van der Waals surface area (Å²) in [7, 11) is 0. The summed E-state index contributed by atoms with van der Waals surface area (Å²) in [6, 6.07) is 2.14. The Kier molecular flexibility index (Phi) is 2.50. The van der Waals surface area contributed by atoms with Crippen LogP contribution in [0, 0.1) is 0 Å². The minimum atomic E-state index is 1.16. The molecule has 0 spiro atoms. The molecule has 0 radical (unpaired) electrons. The molecule has 1 aliphatic carbocycles. The van der Waals surface area contributed by atoms with Crippen LogP contribution in [0.1, 0.15) is 43.4 Å². The summed E-state index contributed by atoms with van der Waals surface area (Å²) in [5.41, 5.74) is 1.46. The van der Waals surface area contributed by atoms with Gasteiger partial charge in [0.2, 0.25) is 0 Å². The lowest BCUT2D eigenvalue weighted by Crippen LogP contribution is -1.87. The molecule has 66 valence electrons. The van der Waals surface area contributed by atoms with E-state index in [4.69, 9.17) is 4.42 Å². The van der Waals surface area contributed by atoms with Crippen molar-refractivity contribution in [2.45, 2.75) is 44.9 Å². The molecule has 1 aromatic heterocycles. The van der Waals surface area contributed by atoms with Crippen LogP contribution in [-0.2, 0) is 12.8 Å². The summed E-state index contributed by atoms with van der Waals surface area (Å²) < 4.78 is 5.45. The van der Waals surface area contributed by atoms with Gasteiger partial charge in [0.05, 0.1) is 6.26 Å². The van der Waals surface area contributed by atoms with Crippen molar-refractivity contribution in [3.8, 4) is 0 Å². The summed E-state index contributed by atoms with van der Waals surface area (Å²) in [4.78, 5) is 0. The molecule has 1 aliphatic rings. The zero-order valence-corrected chi connectivity index (χ0v) is 7.51. The Labute approximate surface area is 73.8 Å². The first-order valence-electron chi connectivity index (χ1n) is 5.02. The second kappa shape index (κ2) is 3.79. The van der Waals surface area contributed by atoms with E-state index >= 15 is 0 Å². The van der Waals surface area contributed by atoms with Gasteiger partial charge in [-0.15, -0.1) is 0 Å². The predicted octanol–water partition coefficient (Wildman–Crippen LogP) is 3.33. The highest BCUT2D eigenvalue weighted by Crippen LogP contribution is 2.20. The van der Waals surface area contributed by atoms with Gasteiger partial charge in [0.1, 0.15) is 5.76 Å². The first-order chi connectivity index (χ1) is 5.97. The molecule has 1 nitrogen and oxygen atoms in total. The van der Waals surface area contributed by atoms with E-state index in [9.17, 15) is 0 Å². The summed E-state index contributed by atoms with van der Waals surface area (Å²) in [6.07, 6.45) is 11.0. The molecular weight excluding hydrogens is 148 g/mol. The highest BCUT2D eigenvalue weighted by molar-refractivity contribution is 5.17. The standard InChI is InChI=1S/C11H16O/c1-2-4-6-10-8-9-12-11(10)7-5-3-1/h8-9H,1-7H2. The average molecular weight is 164 g/mol. The van der Waals surface area contributed by atoms with Crippen LogP contribution in [0.3, 0.4) is 0 Å². The molecular formula is C11H16O. The third-order valence-electron chi connectivity index (χ3n) is 2.69. The molecule has 0 aliphatic heterocycles. The van der Waals surface area contributed by atoms with Crippen molar-refractivity contribution in [3.05, 3.63) is 23.7 Å². The monoisotopic (exact) mass is 164 g/mol. The van der Waals surface area contributed by atoms with Crippen molar-refractivity contribution in [1.82, 2.24) is 0 Å². The van der Waals surface area contributed by atoms with Crippen molar-refractivity contribution in [3.63, 3.8) is 0 Å². The summed E-state index contributed by atoms with van der Waals surface area (Å²) >= 11 is 0. The van der Waals surface area contributed by atoms with E-state index in [2.05, 4.69) is 6.07 Å².